The second-order valence-corrected chi connectivity index (χ2v) is 42.2. The number of anilines is 4. The Morgan fingerprint density at radius 1 is 0.376 bits per heavy atom. The number of rotatable bonds is 12. The molecule has 4 aromatic carbocycles. The number of aliphatic imine (C=N–C) groups is 1. The lowest BCUT2D eigenvalue weighted by atomic mass is 9.52. The number of guanidine groups is 1. The molecule has 5 saturated heterocycles. The van der Waals surface area contributed by atoms with Gasteiger partial charge >= 0.3 is 0 Å². The minimum absolute atomic E-state index is 0.500. The average molecular weight is 1590 g/mol. The van der Waals surface area contributed by atoms with Crippen molar-refractivity contribution in [3.63, 3.8) is 0 Å². The molecule has 0 spiro atoms. The van der Waals surface area contributed by atoms with Crippen molar-refractivity contribution >= 4 is 28.7 Å². The number of nitrogens with one attached hydrogen (secondary N) is 1. The first-order valence-electron chi connectivity index (χ1n) is 47.9. The molecule has 10 bridgehead atoms. The first-order valence-corrected chi connectivity index (χ1v) is 47.9. The highest BCUT2D eigenvalue weighted by Crippen LogP contribution is 2.62. The van der Waals surface area contributed by atoms with Gasteiger partial charge in [-0.05, 0) is 334 Å². The maximum atomic E-state index is 4.38. The molecule has 640 valence electrons. The van der Waals surface area contributed by atoms with Gasteiger partial charge in [-0.3, -0.25) is 14.8 Å². The fraction of sp³-hybridized carbons (Fsp3) is 0.683. The topological polar surface area (TPSA) is 60.0 Å². The zero-order valence-electron chi connectivity index (χ0n) is 77.2. The largest absolute Gasteiger partial charge is 0.356 e. The molecule has 22 rings (SSSR count). The van der Waals surface area contributed by atoms with Crippen LogP contribution in [0, 0.1) is 88.9 Å². The SMILES string of the molecule is C1=CN(C23CC4CC(CC(C4)C2)C3)CN1C12CC3CC(CC(C3)C1)C2.C1CCN2C[C@H]3C[C@H](CN4CCCC[C@@H]34)[C@H]2C1.C1CN=C2NCCCN2C1.CC(C)c1cccc(C(C)C)c1N1C=CN(c2c(C(C)C)cccc2C(C)C)C1.CC1=C(C)N(C(C)C)CN1C(C)C.Cc1cc(C)c(N2C=CN(c3c(C)cc(C)cc3C)C2)c(C)c1. The smallest absolute Gasteiger partial charge is 0.193 e. The lowest BCUT2D eigenvalue weighted by Crippen LogP contribution is -2.63. The number of fused-ring (bicyclic) bond motifs is 7. The van der Waals surface area contributed by atoms with Crippen molar-refractivity contribution in [2.45, 2.75) is 332 Å². The molecule has 10 heterocycles. The number of aryl methyl sites for hydroxylation is 6. The predicted molar refractivity (Wildman–Crippen MR) is 496 cm³/mol. The molecule has 0 aromatic heterocycles. The number of benzene rings is 4. The Labute approximate surface area is 712 Å². The molecule has 4 atom stereocenters. The molecule has 0 unspecified atom stereocenters. The Balaban J connectivity index is 0.000000113. The van der Waals surface area contributed by atoms with Gasteiger partial charge in [0.2, 0.25) is 0 Å². The molecular weight excluding hydrogens is 1430 g/mol. The molecule has 4 aromatic rings. The van der Waals surface area contributed by atoms with Gasteiger partial charge in [0.15, 0.2) is 5.96 Å². The van der Waals surface area contributed by atoms with E-state index in [1.54, 1.807) is 44.9 Å². The summed E-state index contributed by atoms with van der Waals surface area (Å²) in [4.78, 5) is 32.7. The normalized spacial score (nSPS) is 29.7. The van der Waals surface area contributed by atoms with Crippen molar-refractivity contribution in [1.82, 2.24) is 39.6 Å². The number of allylic oxidation sites excluding steroid dienone is 2. The molecule has 8 saturated carbocycles. The maximum Gasteiger partial charge on any atom is 0.193 e. The van der Waals surface area contributed by atoms with E-state index in [0.29, 0.717) is 46.8 Å². The van der Waals surface area contributed by atoms with Gasteiger partial charge in [-0.15, -0.1) is 0 Å². The van der Waals surface area contributed by atoms with Crippen LogP contribution in [0.25, 0.3) is 0 Å². The summed E-state index contributed by atoms with van der Waals surface area (Å²) in [7, 11) is 0. The van der Waals surface area contributed by atoms with E-state index in [9.17, 15) is 0 Å². The van der Waals surface area contributed by atoms with Crippen LogP contribution in [0.5, 0.6) is 0 Å². The van der Waals surface area contributed by atoms with Crippen LogP contribution in [0.2, 0.25) is 0 Å². The van der Waals surface area contributed by atoms with Gasteiger partial charge in [0.25, 0.3) is 0 Å². The zero-order valence-corrected chi connectivity index (χ0v) is 77.2. The van der Waals surface area contributed by atoms with E-state index in [1.165, 1.54) is 226 Å². The minimum Gasteiger partial charge on any atom is -0.356 e. The Bertz CT molecular complexity index is 3810. The Morgan fingerprint density at radius 2 is 0.726 bits per heavy atom. The second-order valence-electron chi connectivity index (χ2n) is 42.2. The molecule has 18 aliphatic rings. The molecule has 13 nitrogen and oxygen atoms in total. The Morgan fingerprint density at radius 3 is 1.06 bits per heavy atom. The van der Waals surface area contributed by atoms with Crippen molar-refractivity contribution < 1.29 is 0 Å². The fourth-order valence-electron chi connectivity index (χ4n) is 26.9. The van der Waals surface area contributed by atoms with Gasteiger partial charge in [0.05, 0.1) is 26.7 Å². The number of hydrogen-bond donors (Lipinski definition) is 1. The molecule has 1 N–H and O–H groups in total. The first-order chi connectivity index (χ1) is 56.1. The first kappa shape index (κ1) is 85.4. The summed E-state index contributed by atoms with van der Waals surface area (Å²) in [5, 5.41) is 3.30. The third-order valence-corrected chi connectivity index (χ3v) is 31.5. The van der Waals surface area contributed by atoms with Crippen LogP contribution in [-0.2, 0) is 0 Å². The minimum atomic E-state index is 0.500. The highest BCUT2D eigenvalue weighted by molar-refractivity contribution is 5.81. The van der Waals surface area contributed by atoms with Crippen LogP contribution in [-0.4, -0.2) is 155 Å². The van der Waals surface area contributed by atoms with Crippen LogP contribution >= 0.6 is 0 Å². The van der Waals surface area contributed by atoms with Crippen molar-refractivity contribution in [2.24, 2.45) is 52.3 Å². The van der Waals surface area contributed by atoms with Gasteiger partial charge < -0.3 is 49.4 Å². The third-order valence-electron chi connectivity index (χ3n) is 31.5. The van der Waals surface area contributed by atoms with Crippen LogP contribution < -0.4 is 24.9 Å². The molecule has 0 radical (unpaired) electrons. The summed E-state index contributed by atoms with van der Waals surface area (Å²) in [6, 6.07) is 25.8. The summed E-state index contributed by atoms with van der Waals surface area (Å²) >= 11 is 0. The maximum absolute atomic E-state index is 4.38. The fourth-order valence-corrected chi connectivity index (χ4v) is 26.9. The van der Waals surface area contributed by atoms with E-state index >= 15 is 0 Å². The molecular formula is C104H159N13. The van der Waals surface area contributed by atoms with Gasteiger partial charge in [-0.1, -0.05) is 140 Å². The summed E-state index contributed by atoms with van der Waals surface area (Å²) in [5.74, 6) is 11.6. The van der Waals surface area contributed by atoms with Gasteiger partial charge in [0, 0.05) is 146 Å². The summed E-state index contributed by atoms with van der Waals surface area (Å²) in [5.41, 5.74) is 23.2. The van der Waals surface area contributed by atoms with Crippen LogP contribution in [0.4, 0.5) is 22.7 Å². The van der Waals surface area contributed by atoms with E-state index in [4.69, 9.17) is 0 Å². The quantitative estimate of drug-likeness (QED) is 0.147. The van der Waals surface area contributed by atoms with E-state index < -0.39 is 0 Å². The predicted octanol–water partition coefficient (Wildman–Crippen LogP) is 23.2. The van der Waals surface area contributed by atoms with Crippen molar-refractivity contribution in [2.75, 3.05) is 98.6 Å². The van der Waals surface area contributed by atoms with Gasteiger partial charge in [-0.2, -0.15) is 0 Å². The van der Waals surface area contributed by atoms with Gasteiger partial charge in [0.1, 0.15) is 0 Å². The van der Waals surface area contributed by atoms with Crippen molar-refractivity contribution in [1.29, 1.82) is 0 Å². The lowest BCUT2D eigenvalue weighted by Gasteiger charge is -2.62. The zero-order chi connectivity index (χ0) is 82.5. The average Bonchev–Trinajstić information content (AvgIpc) is 1.61. The molecule has 13 fully saturated rings. The molecule has 13 heteroatoms. The number of hydrogen-bond acceptors (Lipinski definition) is 13. The molecule has 8 aliphatic carbocycles. The van der Waals surface area contributed by atoms with E-state index in [1.807, 2.05) is 0 Å². The lowest BCUT2D eigenvalue weighted by molar-refractivity contribution is -0.105. The molecule has 0 amide bonds. The van der Waals surface area contributed by atoms with E-state index in [0.717, 1.165) is 98.5 Å². The monoisotopic (exact) mass is 1590 g/mol. The Hall–Kier alpha value is -6.57. The van der Waals surface area contributed by atoms with Crippen molar-refractivity contribution in [3.8, 4) is 0 Å². The second kappa shape index (κ2) is 36.2. The highest BCUT2D eigenvalue weighted by atomic mass is 15.4. The van der Waals surface area contributed by atoms with Crippen LogP contribution in [0.1, 0.15) is 311 Å². The Kier molecular flexibility index (Phi) is 26.5. The standard InChI is InChI=1S/C27H38N2.C23H34N2.C21H26N2.C15H26N2.C11H22N2.C7H13N3/c1-18(2)22-11-9-12-23(19(3)4)26(22)28-15-16-29(17-28)27-24(20(5)6)13-10-14-25(27)21(7)8;1-2-25(23-12-19-6-20(13-23)8-21(7-19)14-23)15-24(1)22-9-16-3-17(10-22)5-18(4-16)11-22;1-14-9-16(3)20(17(4)10-14)22-7-8-23(13-22)21-18(5)11-15(2)12-19(21)6;1-3-7-16-11-13-9-12(14(16)5-1)10-17-8-4-2-6-15(13)17;1-8(2)12-7-13(9(3)4)11(6)10(12)5;1-3-8-7-9-4-2-6-10(7)5-1/h9-16,18-21H,17H2,1-8H3;1-2,16-21H,3-15H2;7-12H,13H2,1-6H3;12-15H,1-11H2;8-9H,7H2,1-6H3;1-6H2,(H,8,9)/t;;;12-,13-,14-,15+;;/m...1../s1. The summed E-state index contributed by atoms with van der Waals surface area (Å²) in [6.45, 7) is 59.2. The van der Waals surface area contributed by atoms with E-state index in [-0.39, 0.29) is 0 Å². The van der Waals surface area contributed by atoms with Crippen LogP contribution in [0.3, 0.4) is 0 Å². The number of para-hydroxylation sites is 2. The number of nitrogens with zero attached hydrogens (tertiary/aromatic N) is 12. The number of piperidine rings is 4. The third kappa shape index (κ3) is 18.3. The van der Waals surface area contributed by atoms with Gasteiger partial charge in [-0.25, -0.2) is 0 Å². The molecule has 117 heavy (non-hydrogen) atoms. The van der Waals surface area contributed by atoms with E-state index in [2.05, 4.69) is 301 Å². The summed E-state index contributed by atoms with van der Waals surface area (Å²) < 4.78 is 0. The highest BCUT2D eigenvalue weighted by Gasteiger charge is 2.58. The van der Waals surface area contributed by atoms with Crippen molar-refractivity contribution in [3.05, 3.63) is 165 Å². The molecule has 10 aliphatic heterocycles. The summed E-state index contributed by atoms with van der Waals surface area (Å²) in [6.07, 6.45) is 45.4. The van der Waals surface area contributed by atoms with Crippen LogP contribution in [0.15, 0.2) is 114 Å².